The predicted molar refractivity (Wildman–Crippen MR) is 112 cm³/mol. The topological polar surface area (TPSA) is 61.6 Å². The summed E-state index contributed by atoms with van der Waals surface area (Å²) in [7, 11) is 0. The number of likely N-dealkylation sites (tertiary alicyclic amines) is 1. The second-order valence-electron chi connectivity index (χ2n) is 7.38. The zero-order valence-electron chi connectivity index (χ0n) is 16.3. The molecule has 0 saturated carbocycles. The molecule has 2 aliphatic rings. The first-order valence-corrected chi connectivity index (χ1v) is 10.0. The maximum atomic E-state index is 15.0. The largest absolute Gasteiger partial charge is 0.434 e. The Balaban J connectivity index is 1.57. The highest BCUT2D eigenvalue weighted by Gasteiger charge is 2.36. The Bertz CT molecular complexity index is 1080. The lowest BCUT2D eigenvalue weighted by molar-refractivity contribution is 0.192. The van der Waals surface area contributed by atoms with Gasteiger partial charge in [-0.1, -0.05) is 48.5 Å². The van der Waals surface area contributed by atoms with Crippen LogP contribution >= 0.6 is 0 Å². The van der Waals surface area contributed by atoms with Gasteiger partial charge in [0.25, 0.3) is 0 Å². The molecule has 0 radical (unpaired) electrons. The number of benzene rings is 2. The number of oxazole rings is 1. The van der Waals surface area contributed by atoms with E-state index < -0.39 is 18.0 Å². The molecule has 1 aromatic heterocycles. The number of hydrogen-bond donors (Lipinski definition) is 1. The maximum absolute atomic E-state index is 15.0. The number of nitrogens with zero attached hydrogens (tertiary/aromatic N) is 3. The predicted octanol–water partition coefficient (Wildman–Crippen LogP) is 4.77. The standard InChI is InChI=1S/C23H21FN4O2/c24-18-15-28(23(29)26-20(18)27-13-7-8-14-27)21-19(16-9-3-1-4-10-16)30-22(25-21)17-11-5-2-6-12-17/h1-6,9-12,15,20H,7-8,13-14H2,(H,26,29). The summed E-state index contributed by atoms with van der Waals surface area (Å²) in [6.45, 7) is 1.53. The van der Waals surface area contributed by atoms with Gasteiger partial charge in [-0.15, -0.1) is 0 Å². The third-order valence-corrected chi connectivity index (χ3v) is 5.39. The molecular formula is C23H21FN4O2. The molecule has 2 aromatic carbocycles. The van der Waals surface area contributed by atoms with Gasteiger partial charge in [0.2, 0.25) is 5.89 Å². The highest BCUT2D eigenvalue weighted by Crippen LogP contribution is 2.37. The number of halogens is 1. The van der Waals surface area contributed by atoms with Crippen molar-refractivity contribution in [3.63, 3.8) is 0 Å². The van der Waals surface area contributed by atoms with Crippen LogP contribution in [0.1, 0.15) is 12.8 Å². The molecular weight excluding hydrogens is 383 g/mol. The smallest absolute Gasteiger partial charge is 0.328 e. The lowest BCUT2D eigenvalue weighted by Crippen LogP contribution is -2.54. The molecule has 152 valence electrons. The first kappa shape index (κ1) is 18.6. The molecule has 1 unspecified atom stereocenters. The summed E-state index contributed by atoms with van der Waals surface area (Å²) in [6, 6.07) is 18.4. The van der Waals surface area contributed by atoms with Gasteiger partial charge >= 0.3 is 6.03 Å². The second-order valence-corrected chi connectivity index (χ2v) is 7.38. The number of carbonyl (C=O) groups is 1. The molecule has 2 aliphatic heterocycles. The van der Waals surface area contributed by atoms with E-state index in [-0.39, 0.29) is 5.82 Å². The van der Waals surface area contributed by atoms with Crippen LogP contribution in [0.15, 0.2) is 77.1 Å². The van der Waals surface area contributed by atoms with Crippen molar-refractivity contribution in [1.82, 2.24) is 15.2 Å². The van der Waals surface area contributed by atoms with E-state index in [4.69, 9.17) is 4.42 Å². The second kappa shape index (κ2) is 7.76. The average molecular weight is 404 g/mol. The molecule has 30 heavy (non-hydrogen) atoms. The van der Waals surface area contributed by atoms with Crippen LogP contribution in [0.2, 0.25) is 0 Å². The van der Waals surface area contributed by atoms with Gasteiger partial charge in [-0.25, -0.2) is 14.1 Å². The molecule has 3 aromatic rings. The van der Waals surface area contributed by atoms with Gasteiger partial charge in [0.1, 0.15) is 6.17 Å². The maximum Gasteiger partial charge on any atom is 0.328 e. The van der Waals surface area contributed by atoms with Gasteiger partial charge in [0, 0.05) is 24.2 Å². The number of urea groups is 1. The van der Waals surface area contributed by atoms with Crippen molar-refractivity contribution >= 4 is 11.8 Å². The zero-order valence-corrected chi connectivity index (χ0v) is 16.3. The van der Waals surface area contributed by atoms with Crippen LogP contribution in [-0.4, -0.2) is 35.2 Å². The fourth-order valence-electron chi connectivity index (χ4n) is 3.89. The molecule has 1 fully saturated rings. The van der Waals surface area contributed by atoms with Crippen molar-refractivity contribution < 1.29 is 13.6 Å². The molecule has 7 heteroatoms. The fraction of sp³-hybridized carbons (Fsp3) is 0.217. The number of rotatable bonds is 4. The minimum absolute atomic E-state index is 0.257. The normalized spacial score (nSPS) is 19.6. The Labute approximate surface area is 173 Å². The lowest BCUT2D eigenvalue weighted by Gasteiger charge is -2.33. The molecule has 6 nitrogen and oxygen atoms in total. The quantitative estimate of drug-likeness (QED) is 0.680. The SMILES string of the molecule is O=C1NC(N2CCCC2)C(F)=CN1c1nc(-c2ccccc2)oc1-c1ccccc1. The van der Waals surface area contributed by atoms with Crippen LogP contribution in [0.4, 0.5) is 15.0 Å². The van der Waals surface area contributed by atoms with Crippen molar-refractivity contribution in [1.29, 1.82) is 0 Å². The number of aromatic nitrogens is 1. The summed E-state index contributed by atoms with van der Waals surface area (Å²) in [5.74, 6) is 0.619. The van der Waals surface area contributed by atoms with Gasteiger partial charge < -0.3 is 9.73 Å². The number of carbonyl (C=O) groups excluding carboxylic acids is 1. The lowest BCUT2D eigenvalue weighted by atomic mass is 10.1. The van der Waals surface area contributed by atoms with E-state index in [1.165, 1.54) is 11.1 Å². The van der Waals surface area contributed by atoms with E-state index in [9.17, 15) is 9.18 Å². The molecule has 0 bridgehead atoms. The van der Waals surface area contributed by atoms with E-state index in [1.807, 2.05) is 65.6 Å². The third-order valence-electron chi connectivity index (χ3n) is 5.39. The van der Waals surface area contributed by atoms with E-state index in [0.717, 1.165) is 37.1 Å². The number of hydrogen-bond acceptors (Lipinski definition) is 4. The van der Waals surface area contributed by atoms with Gasteiger partial charge in [0.15, 0.2) is 17.4 Å². The number of amides is 2. The van der Waals surface area contributed by atoms with Crippen LogP contribution in [0.5, 0.6) is 0 Å². The van der Waals surface area contributed by atoms with Crippen LogP contribution in [-0.2, 0) is 0 Å². The van der Waals surface area contributed by atoms with Crippen LogP contribution < -0.4 is 10.2 Å². The Morgan fingerprint density at radius 3 is 2.27 bits per heavy atom. The number of nitrogens with one attached hydrogen (secondary N) is 1. The first-order valence-electron chi connectivity index (χ1n) is 10.0. The third kappa shape index (κ3) is 3.37. The van der Waals surface area contributed by atoms with E-state index >= 15 is 0 Å². The molecule has 2 amide bonds. The summed E-state index contributed by atoms with van der Waals surface area (Å²) in [6.07, 6.45) is 2.51. The summed E-state index contributed by atoms with van der Waals surface area (Å²) in [5, 5.41) is 2.77. The van der Waals surface area contributed by atoms with Gasteiger partial charge in [-0.05, 0) is 25.0 Å². The molecule has 1 N–H and O–H groups in total. The van der Waals surface area contributed by atoms with Crippen molar-refractivity contribution in [3.8, 4) is 22.8 Å². The van der Waals surface area contributed by atoms with E-state index in [0.29, 0.717) is 11.7 Å². The minimum Gasteiger partial charge on any atom is -0.434 e. The van der Waals surface area contributed by atoms with Gasteiger partial charge in [0.05, 0.1) is 6.20 Å². The number of anilines is 1. The highest BCUT2D eigenvalue weighted by atomic mass is 19.1. The van der Waals surface area contributed by atoms with Crippen molar-refractivity contribution in [3.05, 3.63) is 72.7 Å². The van der Waals surface area contributed by atoms with E-state index in [2.05, 4.69) is 10.3 Å². The monoisotopic (exact) mass is 404 g/mol. The molecule has 0 aliphatic carbocycles. The van der Waals surface area contributed by atoms with Gasteiger partial charge in [-0.2, -0.15) is 4.98 Å². The van der Waals surface area contributed by atoms with Gasteiger partial charge in [-0.3, -0.25) is 4.90 Å². The van der Waals surface area contributed by atoms with Crippen LogP contribution in [0.3, 0.4) is 0 Å². The van der Waals surface area contributed by atoms with Crippen molar-refractivity contribution in [2.45, 2.75) is 19.0 Å². The Hall–Kier alpha value is -3.45. The zero-order chi connectivity index (χ0) is 20.5. The molecule has 3 heterocycles. The highest BCUT2D eigenvalue weighted by molar-refractivity contribution is 5.97. The average Bonchev–Trinajstić information content (AvgIpc) is 3.47. The van der Waals surface area contributed by atoms with Crippen LogP contribution in [0.25, 0.3) is 22.8 Å². The molecule has 1 atom stereocenters. The Kier molecular flexibility index (Phi) is 4.80. The van der Waals surface area contributed by atoms with Crippen LogP contribution in [0, 0.1) is 0 Å². The summed E-state index contributed by atoms with van der Waals surface area (Å²) >= 11 is 0. The molecule has 5 rings (SSSR count). The molecule has 1 saturated heterocycles. The Morgan fingerprint density at radius 2 is 1.60 bits per heavy atom. The Morgan fingerprint density at radius 1 is 0.967 bits per heavy atom. The summed E-state index contributed by atoms with van der Waals surface area (Å²) in [4.78, 5) is 20.6. The fourth-order valence-corrected chi connectivity index (χ4v) is 3.89. The molecule has 0 spiro atoms. The minimum atomic E-state index is -0.725. The summed E-state index contributed by atoms with van der Waals surface area (Å²) < 4.78 is 21.0. The van der Waals surface area contributed by atoms with Crippen molar-refractivity contribution in [2.24, 2.45) is 0 Å². The summed E-state index contributed by atoms with van der Waals surface area (Å²) in [5.41, 5.74) is 1.53. The van der Waals surface area contributed by atoms with E-state index in [1.54, 1.807) is 0 Å². The van der Waals surface area contributed by atoms with Crippen molar-refractivity contribution in [2.75, 3.05) is 18.0 Å². The first-order chi connectivity index (χ1) is 14.7.